The van der Waals surface area contributed by atoms with Gasteiger partial charge in [-0.2, -0.15) is 0 Å². The maximum atomic E-state index is 12.2. The molecular formula is C12H18N4O4. The number of aliphatic hydroxyl groups excluding tert-OH is 1. The van der Waals surface area contributed by atoms with Gasteiger partial charge in [0.1, 0.15) is 6.54 Å². The average molecular weight is 282 g/mol. The standard InChI is InChI=1S/C12H18N4O4/c17-8-9-4-2-1-3-5-16(9)11(18)7-15-6-10(12(19)20)13-14-15/h6,9,17H,1-5,7-8H2,(H,19,20). The molecule has 8 nitrogen and oxygen atoms in total. The van der Waals surface area contributed by atoms with E-state index >= 15 is 0 Å². The van der Waals surface area contributed by atoms with Crippen molar-refractivity contribution in [1.82, 2.24) is 19.9 Å². The van der Waals surface area contributed by atoms with Gasteiger partial charge in [-0.15, -0.1) is 5.10 Å². The third-order valence-electron chi connectivity index (χ3n) is 3.46. The lowest BCUT2D eigenvalue weighted by atomic mass is 10.1. The van der Waals surface area contributed by atoms with Crippen molar-refractivity contribution in [3.05, 3.63) is 11.9 Å². The van der Waals surface area contributed by atoms with Crippen LogP contribution in [0.5, 0.6) is 0 Å². The summed E-state index contributed by atoms with van der Waals surface area (Å²) < 4.78 is 1.21. The van der Waals surface area contributed by atoms with Gasteiger partial charge in [-0.05, 0) is 12.8 Å². The summed E-state index contributed by atoms with van der Waals surface area (Å²) in [7, 11) is 0. The Labute approximate surface area is 116 Å². The minimum absolute atomic E-state index is 0.0521. The van der Waals surface area contributed by atoms with E-state index in [1.807, 2.05) is 0 Å². The summed E-state index contributed by atoms with van der Waals surface area (Å²) in [6.45, 7) is 0.505. The van der Waals surface area contributed by atoms with E-state index in [1.165, 1.54) is 10.9 Å². The van der Waals surface area contributed by atoms with Gasteiger partial charge in [0.2, 0.25) is 5.91 Å². The van der Waals surface area contributed by atoms with Crippen molar-refractivity contribution in [1.29, 1.82) is 0 Å². The highest BCUT2D eigenvalue weighted by molar-refractivity contribution is 5.84. The molecule has 8 heteroatoms. The molecular weight excluding hydrogens is 264 g/mol. The van der Waals surface area contributed by atoms with E-state index in [9.17, 15) is 14.7 Å². The molecule has 1 aromatic heterocycles. The maximum Gasteiger partial charge on any atom is 0.358 e. The Morgan fingerprint density at radius 1 is 1.35 bits per heavy atom. The smallest absolute Gasteiger partial charge is 0.358 e. The zero-order valence-electron chi connectivity index (χ0n) is 11.1. The number of aliphatic hydroxyl groups is 1. The minimum atomic E-state index is -1.17. The van der Waals surface area contributed by atoms with Crippen LogP contribution < -0.4 is 0 Å². The van der Waals surface area contributed by atoms with Gasteiger partial charge >= 0.3 is 5.97 Å². The molecule has 0 saturated carbocycles. The number of rotatable bonds is 4. The Morgan fingerprint density at radius 2 is 2.15 bits per heavy atom. The predicted molar refractivity (Wildman–Crippen MR) is 68.0 cm³/mol. The number of hydrogen-bond donors (Lipinski definition) is 2. The summed E-state index contributed by atoms with van der Waals surface area (Å²) in [5.41, 5.74) is -0.188. The lowest BCUT2D eigenvalue weighted by Gasteiger charge is -2.28. The fourth-order valence-electron chi connectivity index (χ4n) is 2.40. The number of amides is 1. The summed E-state index contributed by atoms with van der Waals surface area (Å²) >= 11 is 0. The number of aromatic nitrogens is 3. The summed E-state index contributed by atoms with van der Waals surface area (Å²) in [5, 5.41) is 25.2. The average Bonchev–Trinajstić information content (AvgIpc) is 2.75. The van der Waals surface area contributed by atoms with Crippen molar-refractivity contribution >= 4 is 11.9 Å². The number of carbonyl (C=O) groups is 2. The van der Waals surface area contributed by atoms with Crippen molar-refractivity contribution in [2.24, 2.45) is 0 Å². The fraction of sp³-hybridized carbons (Fsp3) is 0.667. The van der Waals surface area contributed by atoms with Crippen LogP contribution in [0, 0.1) is 0 Å². The summed E-state index contributed by atoms with van der Waals surface area (Å²) in [6.07, 6.45) is 4.99. The molecule has 1 aliphatic rings. The first-order valence-corrected chi connectivity index (χ1v) is 6.65. The summed E-state index contributed by atoms with van der Waals surface area (Å²) in [5.74, 6) is -1.35. The molecule has 2 N–H and O–H groups in total. The molecule has 2 heterocycles. The van der Waals surface area contributed by atoms with E-state index in [2.05, 4.69) is 10.3 Å². The number of carboxylic acid groups (broad SMARTS) is 1. The van der Waals surface area contributed by atoms with E-state index in [-0.39, 0.29) is 30.8 Å². The highest BCUT2D eigenvalue weighted by atomic mass is 16.4. The third kappa shape index (κ3) is 3.32. The van der Waals surface area contributed by atoms with Gasteiger partial charge in [0.05, 0.1) is 18.8 Å². The second-order valence-electron chi connectivity index (χ2n) is 4.88. The molecule has 1 saturated heterocycles. The van der Waals surface area contributed by atoms with Gasteiger partial charge in [0.25, 0.3) is 0 Å². The van der Waals surface area contributed by atoms with E-state index < -0.39 is 5.97 Å². The Hall–Kier alpha value is -1.96. The van der Waals surface area contributed by atoms with Crippen molar-refractivity contribution in [3.8, 4) is 0 Å². The first-order chi connectivity index (χ1) is 9.61. The predicted octanol–water partition coefficient (Wildman–Crippen LogP) is -0.260. The Bertz CT molecular complexity index is 488. The number of aromatic carboxylic acids is 1. The number of carbonyl (C=O) groups excluding carboxylic acids is 1. The normalized spacial score (nSPS) is 19.6. The Morgan fingerprint density at radius 3 is 2.80 bits per heavy atom. The highest BCUT2D eigenvalue weighted by Crippen LogP contribution is 2.17. The van der Waals surface area contributed by atoms with Crippen molar-refractivity contribution in [2.75, 3.05) is 13.2 Å². The number of likely N-dealkylation sites (tertiary alicyclic amines) is 1. The molecule has 0 bridgehead atoms. The van der Waals surface area contributed by atoms with Gasteiger partial charge in [-0.3, -0.25) is 4.79 Å². The maximum absolute atomic E-state index is 12.2. The van der Waals surface area contributed by atoms with Crippen LogP contribution in [0.25, 0.3) is 0 Å². The van der Waals surface area contributed by atoms with E-state index in [1.54, 1.807) is 4.90 Å². The Kier molecular flexibility index (Phi) is 4.67. The number of hydrogen-bond acceptors (Lipinski definition) is 5. The second-order valence-corrected chi connectivity index (χ2v) is 4.88. The van der Waals surface area contributed by atoms with Crippen LogP contribution in [0.2, 0.25) is 0 Å². The summed E-state index contributed by atoms with van der Waals surface area (Å²) in [6, 6.07) is -0.160. The van der Waals surface area contributed by atoms with Crippen molar-refractivity contribution < 1.29 is 19.8 Å². The van der Waals surface area contributed by atoms with Gasteiger partial charge < -0.3 is 15.1 Å². The van der Waals surface area contributed by atoms with Crippen LogP contribution in [0.15, 0.2) is 6.20 Å². The zero-order valence-corrected chi connectivity index (χ0v) is 11.1. The van der Waals surface area contributed by atoms with Crippen molar-refractivity contribution in [2.45, 2.75) is 38.3 Å². The summed E-state index contributed by atoms with van der Waals surface area (Å²) in [4.78, 5) is 24.6. The molecule has 1 fully saturated rings. The number of carboxylic acids is 1. The first-order valence-electron chi connectivity index (χ1n) is 6.65. The van der Waals surface area contributed by atoms with Crippen LogP contribution in [-0.4, -0.2) is 61.2 Å². The lowest BCUT2D eigenvalue weighted by Crippen LogP contribution is -2.43. The van der Waals surface area contributed by atoms with Crippen LogP contribution in [0.4, 0.5) is 0 Å². The highest BCUT2D eigenvalue weighted by Gasteiger charge is 2.25. The van der Waals surface area contributed by atoms with E-state index in [0.29, 0.717) is 6.54 Å². The molecule has 0 aromatic carbocycles. The number of nitrogens with zero attached hydrogens (tertiary/aromatic N) is 4. The molecule has 1 aliphatic heterocycles. The van der Waals surface area contributed by atoms with Gasteiger partial charge in [-0.1, -0.05) is 18.1 Å². The van der Waals surface area contributed by atoms with E-state index in [0.717, 1.165) is 25.7 Å². The molecule has 1 aromatic rings. The monoisotopic (exact) mass is 282 g/mol. The molecule has 1 amide bonds. The van der Waals surface area contributed by atoms with Gasteiger partial charge in [0.15, 0.2) is 5.69 Å². The molecule has 1 atom stereocenters. The first kappa shape index (κ1) is 14.4. The zero-order chi connectivity index (χ0) is 14.5. The molecule has 0 aliphatic carbocycles. The lowest BCUT2D eigenvalue weighted by molar-refractivity contribution is -0.135. The topological polar surface area (TPSA) is 109 Å². The fourth-order valence-corrected chi connectivity index (χ4v) is 2.40. The van der Waals surface area contributed by atoms with Gasteiger partial charge in [0, 0.05) is 6.54 Å². The van der Waals surface area contributed by atoms with Crippen molar-refractivity contribution in [3.63, 3.8) is 0 Å². The molecule has 1 unspecified atom stereocenters. The minimum Gasteiger partial charge on any atom is -0.476 e. The molecule has 0 radical (unpaired) electrons. The molecule has 0 spiro atoms. The largest absolute Gasteiger partial charge is 0.476 e. The van der Waals surface area contributed by atoms with Crippen LogP contribution >= 0.6 is 0 Å². The third-order valence-corrected chi connectivity index (χ3v) is 3.46. The Balaban J connectivity index is 2.03. The quantitative estimate of drug-likeness (QED) is 0.787. The van der Waals surface area contributed by atoms with Crippen LogP contribution in [0.3, 0.4) is 0 Å². The van der Waals surface area contributed by atoms with E-state index in [4.69, 9.17) is 5.11 Å². The van der Waals surface area contributed by atoms with Crippen LogP contribution in [0.1, 0.15) is 36.2 Å². The molecule has 110 valence electrons. The van der Waals surface area contributed by atoms with Crippen LogP contribution in [-0.2, 0) is 11.3 Å². The molecule has 2 rings (SSSR count). The van der Waals surface area contributed by atoms with Gasteiger partial charge in [-0.25, -0.2) is 9.48 Å². The SMILES string of the molecule is O=C(O)c1cn(CC(=O)N2CCCCCC2CO)nn1. The second kappa shape index (κ2) is 6.47. The molecule has 20 heavy (non-hydrogen) atoms.